The van der Waals surface area contributed by atoms with Crippen LogP contribution < -0.4 is 10.6 Å². The summed E-state index contributed by atoms with van der Waals surface area (Å²) < 4.78 is 0. The van der Waals surface area contributed by atoms with Crippen LogP contribution in [0.15, 0.2) is 18.2 Å². The van der Waals surface area contributed by atoms with Crippen molar-refractivity contribution in [1.82, 2.24) is 10.2 Å². The Morgan fingerprint density at radius 1 is 1.29 bits per heavy atom. The molecular weight excluding hydrogens is 290 g/mol. The Kier molecular flexibility index (Phi) is 7.99. The molecule has 118 valence electrons. The van der Waals surface area contributed by atoms with E-state index < -0.39 is 0 Å². The number of rotatable bonds is 5. The molecule has 1 aromatic rings. The van der Waals surface area contributed by atoms with E-state index in [1.807, 2.05) is 27.0 Å². The summed E-state index contributed by atoms with van der Waals surface area (Å²) in [4.78, 5) is 25.5. The highest BCUT2D eigenvalue weighted by Crippen LogP contribution is 2.18. The molecule has 0 spiro atoms. The molecule has 0 aliphatic rings. The van der Waals surface area contributed by atoms with Crippen LogP contribution in [0, 0.1) is 12.8 Å². The van der Waals surface area contributed by atoms with Gasteiger partial charge in [-0.15, -0.1) is 12.4 Å². The molecule has 0 saturated carbocycles. The molecule has 1 unspecified atom stereocenters. The summed E-state index contributed by atoms with van der Waals surface area (Å²) in [6.45, 7) is 4.37. The van der Waals surface area contributed by atoms with Crippen molar-refractivity contribution >= 4 is 29.9 Å². The summed E-state index contributed by atoms with van der Waals surface area (Å²) in [6, 6.07) is 5.33. The van der Waals surface area contributed by atoms with Gasteiger partial charge in [0.25, 0.3) is 5.91 Å². The first kappa shape index (κ1) is 19.4. The minimum absolute atomic E-state index is 0. The molecule has 0 aromatic heterocycles. The van der Waals surface area contributed by atoms with Crippen LogP contribution in [0.1, 0.15) is 22.8 Å². The molecule has 0 heterocycles. The van der Waals surface area contributed by atoms with E-state index in [0.717, 1.165) is 5.56 Å². The van der Waals surface area contributed by atoms with Gasteiger partial charge in [-0.25, -0.2) is 0 Å². The lowest BCUT2D eigenvalue weighted by Crippen LogP contribution is -2.29. The maximum Gasteiger partial charge on any atom is 0.253 e. The molecule has 2 N–H and O–H groups in total. The Labute approximate surface area is 132 Å². The van der Waals surface area contributed by atoms with Crippen molar-refractivity contribution in [3.05, 3.63) is 29.3 Å². The number of hydrogen-bond acceptors (Lipinski definition) is 3. The van der Waals surface area contributed by atoms with Gasteiger partial charge in [-0.3, -0.25) is 9.59 Å². The number of halogens is 1. The number of benzene rings is 1. The second kappa shape index (κ2) is 8.64. The van der Waals surface area contributed by atoms with Crippen LogP contribution >= 0.6 is 12.4 Å². The topological polar surface area (TPSA) is 61.4 Å². The number of carbonyl (C=O) groups is 2. The molecule has 0 aliphatic carbocycles. The lowest BCUT2D eigenvalue weighted by molar-refractivity contribution is -0.119. The molecule has 0 aliphatic heterocycles. The first-order valence-corrected chi connectivity index (χ1v) is 6.64. The molecule has 0 radical (unpaired) electrons. The van der Waals surface area contributed by atoms with E-state index in [1.165, 1.54) is 4.90 Å². The van der Waals surface area contributed by atoms with E-state index in [2.05, 4.69) is 10.6 Å². The zero-order valence-electron chi connectivity index (χ0n) is 13.2. The van der Waals surface area contributed by atoms with Crippen molar-refractivity contribution < 1.29 is 9.59 Å². The van der Waals surface area contributed by atoms with Gasteiger partial charge in [0.05, 0.1) is 0 Å². The molecule has 1 atom stereocenters. The summed E-state index contributed by atoms with van der Waals surface area (Å²) in [5.41, 5.74) is 2.19. The van der Waals surface area contributed by atoms with E-state index in [0.29, 0.717) is 17.8 Å². The van der Waals surface area contributed by atoms with Crippen LogP contribution in [-0.4, -0.2) is 44.4 Å². The first-order valence-electron chi connectivity index (χ1n) is 6.64. The summed E-state index contributed by atoms with van der Waals surface area (Å²) in [6.07, 6.45) is 0. The lowest BCUT2D eigenvalue weighted by Gasteiger charge is -2.15. The van der Waals surface area contributed by atoms with E-state index in [9.17, 15) is 9.59 Å². The van der Waals surface area contributed by atoms with Crippen LogP contribution in [0.25, 0.3) is 0 Å². The third-order valence-corrected chi connectivity index (χ3v) is 3.11. The number of amides is 2. The molecule has 1 rings (SSSR count). The van der Waals surface area contributed by atoms with Crippen LogP contribution in [0.3, 0.4) is 0 Å². The summed E-state index contributed by atoms with van der Waals surface area (Å²) in [5, 5.41) is 5.85. The Morgan fingerprint density at radius 3 is 2.43 bits per heavy atom. The molecule has 0 saturated heterocycles. The molecule has 21 heavy (non-hydrogen) atoms. The minimum Gasteiger partial charge on any atom is -0.345 e. The van der Waals surface area contributed by atoms with Gasteiger partial charge >= 0.3 is 0 Å². The van der Waals surface area contributed by atoms with Crippen LogP contribution in [0.2, 0.25) is 0 Å². The zero-order chi connectivity index (χ0) is 15.3. The van der Waals surface area contributed by atoms with Gasteiger partial charge in [0, 0.05) is 37.8 Å². The maximum atomic E-state index is 12.0. The normalized spacial score (nSPS) is 11.3. The Morgan fingerprint density at radius 2 is 1.90 bits per heavy atom. The fraction of sp³-hybridized carbons (Fsp3) is 0.467. The molecule has 5 nitrogen and oxygen atoms in total. The number of anilines is 1. The van der Waals surface area contributed by atoms with Gasteiger partial charge in [0.1, 0.15) is 0 Å². The van der Waals surface area contributed by atoms with Crippen molar-refractivity contribution in [2.75, 3.05) is 33.0 Å². The number of hydrogen-bond donors (Lipinski definition) is 2. The SMILES string of the molecule is CNCC(C)C(=O)Nc1cc(C(=O)N(C)C)ccc1C.Cl. The Bertz CT molecular complexity index is 504. The van der Waals surface area contributed by atoms with Crippen molar-refractivity contribution in [2.24, 2.45) is 5.92 Å². The molecular formula is C15H24ClN3O2. The van der Waals surface area contributed by atoms with Crippen LogP contribution in [0.4, 0.5) is 5.69 Å². The Hall–Kier alpha value is -1.59. The standard InChI is InChI=1S/C15H23N3O2.ClH/c1-10-6-7-12(15(20)18(4)5)8-13(10)17-14(19)11(2)9-16-3;/h6-8,11,16H,9H2,1-5H3,(H,17,19);1H. The predicted molar refractivity (Wildman–Crippen MR) is 88.2 cm³/mol. The second-order valence-electron chi connectivity index (χ2n) is 5.18. The second-order valence-corrected chi connectivity index (χ2v) is 5.18. The molecule has 1 aromatic carbocycles. The zero-order valence-corrected chi connectivity index (χ0v) is 14.0. The molecule has 2 amide bonds. The fourth-order valence-electron chi connectivity index (χ4n) is 1.80. The van der Waals surface area contributed by atoms with Crippen molar-refractivity contribution in [3.63, 3.8) is 0 Å². The van der Waals surface area contributed by atoms with Gasteiger partial charge in [-0.1, -0.05) is 13.0 Å². The van der Waals surface area contributed by atoms with E-state index >= 15 is 0 Å². The highest BCUT2D eigenvalue weighted by molar-refractivity contribution is 5.98. The largest absolute Gasteiger partial charge is 0.345 e. The van der Waals surface area contributed by atoms with Crippen molar-refractivity contribution in [1.29, 1.82) is 0 Å². The van der Waals surface area contributed by atoms with Crippen molar-refractivity contribution in [2.45, 2.75) is 13.8 Å². The quantitative estimate of drug-likeness (QED) is 0.873. The number of nitrogens with zero attached hydrogens (tertiary/aromatic N) is 1. The van der Waals surface area contributed by atoms with Gasteiger partial charge < -0.3 is 15.5 Å². The molecule has 6 heteroatoms. The molecule has 0 fully saturated rings. The van der Waals surface area contributed by atoms with E-state index in [1.54, 1.807) is 26.2 Å². The minimum atomic E-state index is -0.132. The van der Waals surface area contributed by atoms with E-state index in [-0.39, 0.29) is 30.1 Å². The van der Waals surface area contributed by atoms with Crippen molar-refractivity contribution in [3.8, 4) is 0 Å². The fourth-order valence-corrected chi connectivity index (χ4v) is 1.80. The van der Waals surface area contributed by atoms with E-state index in [4.69, 9.17) is 0 Å². The molecule has 0 bridgehead atoms. The van der Waals surface area contributed by atoms with Gasteiger partial charge in [0.2, 0.25) is 5.91 Å². The number of nitrogens with one attached hydrogen (secondary N) is 2. The van der Waals surface area contributed by atoms with Crippen LogP contribution in [-0.2, 0) is 4.79 Å². The van der Waals surface area contributed by atoms with Gasteiger partial charge in [0.15, 0.2) is 0 Å². The summed E-state index contributed by atoms with van der Waals surface area (Å²) in [5.74, 6) is -0.270. The summed E-state index contributed by atoms with van der Waals surface area (Å²) in [7, 11) is 5.22. The highest BCUT2D eigenvalue weighted by Gasteiger charge is 2.15. The number of carbonyl (C=O) groups excluding carboxylic acids is 2. The van der Waals surface area contributed by atoms with Gasteiger partial charge in [-0.2, -0.15) is 0 Å². The lowest BCUT2D eigenvalue weighted by atomic mass is 10.1. The first-order chi connectivity index (χ1) is 9.36. The average Bonchev–Trinajstić information content (AvgIpc) is 2.40. The Balaban J connectivity index is 0.00000400. The maximum absolute atomic E-state index is 12.0. The predicted octanol–water partition coefficient (Wildman–Crippen LogP) is 1.91. The average molecular weight is 314 g/mol. The van der Waals surface area contributed by atoms with Gasteiger partial charge in [-0.05, 0) is 31.7 Å². The summed E-state index contributed by atoms with van der Waals surface area (Å²) >= 11 is 0. The third kappa shape index (κ3) is 5.36. The third-order valence-electron chi connectivity index (χ3n) is 3.11. The highest BCUT2D eigenvalue weighted by atomic mass is 35.5. The number of aryl methyl sites for hydroxylation is 1. The monoisotopic (exact) mass is 313 g/mol. The van der Waals surface area contributed by atoms with Crippen LogP contribution in [0.5, 0.6) is 0 Å². The smallest absolute Gasteiger partial charge is 0.253 e.